The van der Waals surface area contributed by atoms with Crippen molar-refractivity contribution in [3.8, 4) is 0 Å². The third-order valence-electron chi connectivity index (χ3n) is 7.28. The van der Waals surface area contributed by atoms with Gasteiger partial charge < -0.3 is 15.1 Å². The quantitative estimate of drug-likeness (QED) is 0.638. The molecule has 2 aliphatic carbocycles. The van der Waals surface area contributed by atoms with E-state index in [-0.39, 0.29) is 17.9 Å². The van der Waals surface area contributed by atoms with Crippen molar-refractivity contribution < 1.29 is 22.8 Å². The zero-order valence-electron chi connectivity index (χ0n) is 19.9. The highest BCUT2D eigenvalue weighted by atomic mass is 19.4. The van der Waals surface area contributed by atoms with E-state index in [2.05, 4.69) is 10.3 Å². The monoisotopic (exact) mass is 490 g/mol. The van der Waals surface area contributed by atoms with Gasteiger partial charge in [-0.15, -0.1) is 0 Å². The summed E-state index contributed by atoms with van der Waals surface area (Å²) < 4.78 is 40.1. The van der Waals surface area contributed by atoms with Crippen molar-refractivity contribution in [3.05, 3.63) is 47.8 Å². The summed E-state index contributed by atoms with van der Waals surface area (Å²) in [4.78, 5) is 33.0. The summed E-state index contributed by atoms with van der Waals surface area (Å²) in [5.41, 5.74) is 1.000. The molecule has 0 aromatic carbocycles. The molecule has 2 fully saturated rings. The molecule has 1 aromatic heterocycles. The van der Waals surface area contributed by atoms with Gasteiger partial charge in [-0.1, -0.05) is 50.3 Å². The second-order valence-corrected chi connectivity index (χ2v) is 9.61. The molecule has 6 nitrogen and oxygen atoms in total. The van der Waals surface area contributed by atoms with Crippen LogP contribution >= 0.6 is 0 Å². The van der Waals surface area contributed by atoms with Crippen molar-refractivity contribution in [1.82, 2.24) is 15.2 Å². The Bertz CT molecular complexity index is 944. The predicted molar refractivity (Wildman–Crippen MR) is 128 cm³/mol. The summed E-state index contributed by atoms with van der Waals surface area (Å²) in [6.45, 7) is 2.28. The van der Waals surface area contributed by atoms with Gasteiger partial charge in [0.25, 0.3) is 11.8 Å². The first-order valence-electron chi connectivity index (χ1n) is 12.5. The maximum absolute atomic E-state index is 13.4. The molecular formula is C26H33F3N4O2. The normalized spacial score (nSPS) is 21.6. The zero-order chi connectivity index (χ0) is 24.8. The first kappa shape index (κ1) is 25.3. The number of pyridine rings is 1. The molecule has 1 saturated heterocycles. The molecule has 1 atom stereocenters. The van der Waals surface area contributed by atoms with Crippen LogP contribution in [0.4, 0.5) is 18.9 Å². The number of allylic oxidation sites excluding steroid dienone is 3. The van der Waals surface area contributed by atoms with Crippen molar-refractivity contribution in [2.75, 3.05) is 37.6 Å². The zero-order valence-corrected chi connectivity index (χ0v) is 19.9. The van der Waals surface area contributed by atoms with Crippen molar-refractivity contribution in [1.29, 1.82) is 0 Å². The molecule has 3 aliphatic rings. The molecule has 35 heavy (non-hydrogen) atoms. The van der Waals surface area contributed by atoms with Crippen molar-refractivity contribution >= 4 is 17.5 Å². The summed E-state index contributed by atoms with van der Waals surface area (Å²) in [6.07, 6.45) is 8.64. The highest BCUT2D eigenvalue weighted by molar-refractivity contribution is 5.95. The lowest BCUT2D eigenvalue weighted by Gasteiger charge is -2.37. The molecule has 1 aromatic rings. The third kappa shape index (κ3) is 6.44. The molecule has 9 heteroatoms. The largest absolute Gasteiger partial charge is 0.396 e. The molecule has 190 valence electrons. The summed E-state index contributed by atoms with van der Waals surface area (Å²) in [7, 11) is 0. The first-order chi connectivity index (χ1) is 16.8. The Balaban J connectivity index is 1.26. The van der Waals surface area contributed by atoms with Gasteiger partial charge in [0.1, 0.15) is 5.69 Å². The van der Waals surface area contributed by atoms with E-state index in [0.717, 1.165) is 12.1 Å². The minimum absolute atomic E-state index is 0.184. The number of hydrogen-bond acceptors (Lipinski definition) is 4. The second kappa shape index (κ2) is 11.3. The molecule has 1 N–H and O–H groups in total. The van der Waals surface area contributed by atoms with E-state index in [4.69, 9.17) is 0 Å². The minimum atomic E-state index is -4.44. The summed E-state index contributed by atoms with van der Waals surface area (Å²) in [5.74, 6) is -1.77. The van der Waals surface area contributed by atoms with E-state index >= 15 is 0 Å². The summed E-state index contributed by atoms with van der Waals surface area (Å²) >= 11 is 0. The van der Waals surface area contributed by atoms with Crippen LogP contribution in [0.15, 0.2) is 42.1 Å². The highest BCUT2D eigenvalue weighted by Gasteiger charge is 2.45. The lowest BCUT2D eigenvalue weighted by atomic mass is 9.87. The molecule has 0 spiro atoms. The van der Waals surface area contributed by atoms with Crippen LogP contribution < -0.4 is 10.2 Å². The third-order valence-corrected chi connectivity index (χ3v) is 7.28. The SMILES string of the molecule is O=C(NCCC1CCCCC1)c1ccc(N2CCN(C(=O)C3=CC=CCC3C(F)(F)F)CC2)cn1. The van der Waals surface area contributed by atoms with Gasteiger partial charge in [-0.05, 0) is 30.9 Å². The van der Waals surface area contributed by atoms with E-state index < -0.39 is 18.0 Å². The number of aromatic nitrogens is 1. The number of halogens is 3. The van der Waals surface area contributed by atoms with Crippen molar-refractivity contribution in [3.63, 3.8) is 0 Å². The molecule has 1 aliphatic heterocycles. The molecule has 4 rings (SSSR count). The van der Waals surface area contributed by atoms with Crippen molar-refractivity contribution in [2.45, 2.75) is 51.1 Å². The Morgan fingerprint density at radius 2 is 1.80 bits per heavy atom. The maximum Gasteiger partial charge on any atom is 0.396 e. The fourth-order valence-electron chi connectivity index (χ4n) is 5.17. The van der Waals surface area contributed by atoms with Crippen LogP contribution in [-0.4, -0.2) is 60.6 Å². The minimum Gasteiger partial charge on any atom is -0.367 e. The average Bonchev–Trinajstić information content (AvgIpc) is 2.88. The smallest absolute Gasteiger partial charge is 0.367 e. The van der Waals surface area contributed by atoms with Gasteiger partial charge in [0, 0.05) is 38.3 Å². The van der Waals surface area contributed by atoms with Crippen LogP contribution in [-0.2, 0) is 4.79 Å². The van der Waals surface area contributed by atoms with Crippen LogP contribution in [0.1, 0.15) is 55.4 Å². The summed E-state index contributed by atoms with van der Waals surface area (Å²) in [5, 5.41) is 2.96. The lowest BCUT2D eigenvalue weighted by Crippen LogP contribution is -2.50. The Hall–Kier alpha value is -2.84. The highest BCUT2D eigenvalue weighted by Crippen LogP contribution is 2.37. The van der Waals surface area contributed by atoms with E-state index in [1.807, 2.05) is 11.0 Å². The molecular weight excluding hydrogens is 457 g/mol. The van der Waals surface area contributed by atoms with Crippen LogP contribution in [0.2, 0.25) is 0 Å². The number of amides is 2. The van der Waals surface area contributed by atoms with Crippen LogP contribution in [0.5, 0.6) is 0 Å². The number of carbonyl (C=O) groups excluding carboxylic acids is 2. The van der Waals surface area contributed by atoms with Gasteiger partial charge in [0.15, 0.2) is 0 Å². The van der Waals surface area contributed by atoms with Gasteiger partial charge in [0.2, 0.25) is 0 Å². The molecule has 1 unspecified atom stereocenters. The van der Waals surface area contributed by atoms with Gasteiger partial charge in [0.05, 0.1) is 17.8 Å². The van der Waals surface area contributed by atoms with Crippen LogP contribution in [0, 0.1) is 11.8 Å². The van der Waals surface area contributed by atoms with Crippen LogP contribution in [0.25, 0.3) is 0 Å². The Kier molecular flexibility index (Phi) is 8.13. The number of rotatable bonds is 6. The lowest BCUT2D eigenvalue weighted by molar-refractivity contribution is -0.167. The molecule has 1 saturated carbocycles. The molecule has 0 bridgehead atoms. The molecule has 2 heterocycles. The molecule has 0 radical (unpaired) electrons. The predicted octanol–water partition coefficient (Wildman–Crippen LogP) is 4.50. The topological polar surface area (TPSA) is 65.5 Å². The maximum atomic E-state index is 13.4. The van der Waals surface area contributed by atoms with E-state index in [0.29, 0.717) is 44.3 Å². The first-order valence-corrected chi connectivity index (χ1v) is 12.5. The number of nitrogens with one attached hydrogen (secondary N) is 1. The second-order valence-electron chi connectivity index (χ2n) is 9.61. The van der Waals surface area contributed by atoms with Gasteiger partial charge in [-0.25, -0.2) is 4.98 Å². The van der Waals surface area contributed by atoms with E-state index in [9.17, 15) is 22.8 Å². The molecule has 2 amide bonds. The number of alkyl halides is 3. The summed E-state index contributed by atoms with van der Waals surface area (Å²) in [6, 6.07) is 3.52. The fraction of sp³-hybridized carbons (Fsp3) is 0.577. The Morgan fingerprint density at radius 1 is 1.06 bits per heavy atom. The van der Waals surface area contributed by atoms with E-state index in [1.54, 1.807) is 12.3 Å². The number of carbonyl (C=O) groups is 2. The standard InChI is InChI=1S/C26H33F3N4O2/c27-26(28,29)22-9-5-4-8-21(22)25(35)33-16-14-32(15-17-33)20-10-11-23(31-18-20)24(34)30-13-12-19-6-2-1-3-7-19/h4-5,8,10-11,18-19,22H,1-3,6-7,9,12-17H2,(H,30,34). The Labute approximate surface area is 204 Å². The fourth-order valence-corrected chi connectivity index (χ4v) is 5.17. The number of piperazine rings is 1. The number of nitrogens with zero attached hydrogens (tertiary/aromatic N) is 3. The van der Waals surface area contributed by atoms with Crippen LogP contribution in [0.3, 0.4) is 0 Å². The number of hydrogen-bond donors (Lipinski definition) is 1. The Morgan fingerprint density at radius 3 is 2.46 bits per heavy atom. The average molecular weight is 491 g/mol. The van der Waals surface area contributed by atoms with E-state index in [1.165, 1.54) is 55.2 Å². The van der Waals surface area contributed by atoms with Crippen molar-refractivity contribution in [2.24, 2.45) is 11.8 Å². The van der Waals surface area contributed by atoms with Gasteiger partial charge >= 0.3 is 6.18 Å². The number of anilines is 1. The van der Waals surface area contributed by atoms with Gasteiger partial charge in [-0.3, -0.25) is 9.59 Å². The van der Waals surface area contributed by atoms with Gasteiger partial charge in [-0.2, -0.15) is 13.2 Å².